The molecule has 4 rings (SSSR count). The lowest BCUT2D eigenvalue weighted by molar-refractivity contribution is -0.264. The largest absolute Gasteiger partial charge is 0.346 e. The zero-order valence-electron chi connectivity index (χ0n) is 13.3. The molecule has 0 saturated carbocycles. The quantitative estimate of drug-likeness (QED) is 0.924. The van der Waals surface area contributed by atoms with Crippen LogP contribution in [0.2, 0.25) is 0 Å². The molecule has 1 N–H and O–H groups in total. The maximum atomic E-state index is 6.00. The Morgan fingerprint density at radius 1 is 1.05 bits per heavy atom. The fraction of sp³-hybridized carbons (Fsp3) is 0.474. The number of hydrogen-bond acceptors (Lipinski definition) is 3. The number of nitrogens with one attached hydrogen (secondary N) is 1. The lowest BCUT2D eigenvalue weighted by atomic mass is 9.83. The summed E-state index contributed by atoms with van der Waals surface area (Å²) >= 11 is 0. The van der Waals surface area contributed by atoms with Crippen LogP contribution in [-0.4, -0.2) is 26.3 Å². The molecule has 116 valence electrons. The molecule has 0 bridgehead atoms. The second-order valence-electron chi connectivity index (χ2n) is 6.50. The van der Waals surface area contributed by atoms with Crippen LogP contribution in [0.1, 0.15) is 30.0 Å². The zero-order chi connectivity index (χ0) is 15.2. The van der Waals surface area contributed by atoms with Gasteiger partial charge in [-0.2, -0.15) is 0 Å². The highest BCUT2D eigenvalue weighted by Gasteiger charge is 2.34. The predicted octanol–water partition coefficient (Wildman–Crippen LogP) is 3.14. The summed E-state index contributed by atoms with van der Waals surface area (Å²) in [4.78, 5) is 0. The van der Waals surface area contributed by atoms with Gasteiger partial charge >= 0.3 is 0 Å². The van der Waals surface area contributed by atoms with Crippen LogP contribution in [-0.2, 0) is 28.1 Å². The van der Waals surface area contributed by atoms with Crippen molar-refractivity contribution in [2.45, 2.75) is 38.0 Å². The monoisotopic (exact) mass is 297 g/mol. The molecule has 2 aromatic rings. The Hall–Kier alpha value is -1.42. The van der Waals surface area contributed by atoms with Gasteiger partial charge in [-0.05, 0) is 55.1 Å². The SMILES string of the molecule is CNC1Cc2cccc3c(C4(C)OCCCO4)ccc(c23)C1. The van der Waals surface area contributed by atoms with Gasteiger partial charge in [0.1, 0.15) is 0 Å². The van der Waals surface area contributed by atoms with Crippen LogP contribution in [0.15, 0.2) is 30.3 Å². The van der Waals surface area contributed by atoms with E-state index in [4.69, 9.17) is 9.47 Å². The number of ether oxygens (including phenoxy) is 2. The minimum absolute atomic E-state index is 0.529. The molecule has 3 heteroatoms. The summed E-state index contributed by atoms with van der Waals surface area (Å²) in [5, 5.41) is 6.12. The number of rotatable bonds is 2. The van der Waals surface area contributed by atoms with Gasteiger partial charge in [0.25, 0.3) is 0 Å². The molecule has 1 heterocycles. The van der Waals surface area contributed by atoms with Gasteiger partial charge in [-0.3, -0.25) is 0 Å². The van der Waals surface area contributed by atoms with E-state index in [0.717, 1.165) is 38.0 Å². The van der Waals surface area contributed by atoms with Crippen molar-refractivity contribution in [3.63, 3.8) is 0 Å². The van der Waals surface area contributed by atoms with Crippen molar-refractivity contribution < 1.29 is 9.47 Å². The highest BCUT2D eigenvalue weighted by Crippen LogP contribution is 2.39. The summed E-state index contributed by atoms with van der Waals surface area (Å²) in [5.41, 5.74) is 4.02. The maximum Gasteiger partial charge on any atom is 0.192 e. The molecule has 3 nitrogen and oxygen atoms in total. The number of likely N-dealkylation sites (N-methyl/N-ethyl adjacent to an activating group) is 1. The zero-order valence-corrected chi connectivity index (χ0v) is 13.3. The topological polar surface area (TPSA) is 30.5 Å². The first-order valence-corrected chi connectivity index (χ1v) is 8.20. The first-order valence-electron chi connectivity index (χ1n) is 8.20. The smallest absolute Gasteiger partial charge is 0.192 e. The van der Waals surface area contributed by atoms with E-state index in [9.17, 15) is 0 Å². The van der Waals surface area contributed by atoms with Crippen LogP contribution < -0.4 is 5.32 Å². The minimum atomic E-state index is -0.616. The van der Waals surface area contributed by atoms with E-state index in [0.29, 0.717) is 6.04 Å². The predicted molar refractivity (Wildman–Crippen MR) is 88.1 cm³/mol. The highest BCUT2D eigenvalue weighted by molar-refractivity contribution is 5.93. The van der Waals surface area contributed by atoms with Crippen LogP contribution in [0.5, 0.6) is 0 Å². The second kappa shape index (κ2) is 5.34. The molecule has 0 aromatic heterocycles. The van der Waals surface area contributed by atoms with Crippen LogP contribution in [0, 0.1) is 0 Å². The maximum absolute atomic E-state index is 6.00. The molecular formula is C19H23NO2. The van der Waals surface area contributed by atoms with Gasteiger partial charge in [-0.1, -0.05) is 30.3 Å². The molecule has 0 spiro atoms. The third-order valence-corrected chi connectivity index (χ3v) is 5.09. The Bertz CT molecular complexity index is 692. The molecule has 1 aliphatic carbocycles. The van der Waals surface area contributed by atoms with Crippen molar-refractivity contribution in [2.75, 3.05) is 20.3 Å². The molecule has 22 heavy (non-hydrogen) atoms. The Morgan fingerprint density at radius 2 is 1.77 bits per heavy atom. The minimum Gasteiger partial charge on any atom is -0.346 e. The number of benzene rings is 2. The first kappa shape index (κ1) is 14.2. The third-order valence-electron chi connectivity index (χ3n) is 5.09. The van der Waals surface area contributed by atoms with Crippen LogP contribution in [0.25, 0.3) is 10.8 Å². The molecule has 1 unspecified atom stereocenters. The Morgan fingerprint density at radius 3 is 2.50 bits per heavy atom. The first-order chi connectivity index (χ1) is 10.7. The van der Waals surface area contributed by atoms with Gasteiger partial charge in [-0.15, -0.1) is 0 Å². The van der Waals surface area contributed by atoms with Crippen molar-refractivity contribution in [3.05, 3.63) is 47.0 Å². The van der Waals surface area contributed by atoms with Crippen molar-refractivity contribution in [2.24, 2.45) is 0 Å². The van der Waals surface area contributed by atoms with Gasteiger partial charge in [0.2, 0.25) is 0 Å². The second-order valence-corrected chi connectivity index (χ2v) is 6.50. The van der Waals surface area contributed by atoms with E-state index >= 15 is 0 Å². The van der Waals surface area contributed by atoms with E-state index < -0.39 is 5.79 Å². The van der Waals surface area contributed by atoms with Crippen LogP contribution in [0.4, 0.5) is 0 Å². The van der Waals surface area contributed by atoms with Crippen LogP contribution in [0.3, 0.4) is 0 Å². The molecule has 0 amide bonds. The summed E-state index contributed by atoms with van der Waals surface area (Å²) < 4.78 is 12.0. The molecule has 1 saturated heterocycles. The Balaban J connectivity index is 1.89. The molecule has 1 atom stereocenters. The normalized spacial score (nSPS) is 23.6. The van der Waals surface area contributed by atoms with E-state index in [1.807, 2.05) is 0 Å². The van der Waals surface area contributed by atoms with E-state index in [1.54, 1.807) is 0 Å². The molecular weight excluding hydrogens is 274 g/mol. The Kier molecular flexibility index (Phi) is 3.44. The van der Waals surface area contributed by atoms with Crippen LogP contribution >= 0.6 is 0 Å². The summed E-state index contributed by atoms with van der Waals surface area (Å²) in [5.74, 6) is -0.616. The summed E-state index contributed by atoms with van der Waals surface area (Å²) in [6.45, 7) is 3.58. The van der Waals surface area contributed by atoms with Crippen molar-refractivity contribution in [3.8, 4) is 0 Å². The highest BCUT2D eigenvalue weighted by atomic mass is 16.7. The van der Waals surface area contributed by atoms with Gasteiger partial charge in [0, 0.05) is 11.6 Å². The van der Waals surface area contributed by atoms with Crippen molar-refractivity contribution in [1.29, 1.82) is 0 Å². The fourth-order valence-electron chi connectivity index (χ4n) is 3.89. The van der Waals surface area contributed by atoms with Crippen molar-refractivity contribution in [1.82, 2.24) is 5.32 Å². The lowest BCUT2D eigenvalue weighted by Crippen LogP contribution is -2.36. The summed E-state index contributed by atoms with van der Waals surface area (Å²) in [6, 6.07) is 11.6. The lowest BCUT2D eigenvalue weighted by Gasteiger charge is -2.36. The standard InChI is InChI=1S/C19H23NO2/c1-19(21-9-4-10-22-19)17-8-7-14-12-15(20-2)11-13-5-3-6-16(17)18(13)14/h3,5-8,15,20H,4,9-12H2,1-2H3. The van der Waals surface area contributed by atoms with Gasteiger partial charge in [-0.25, -0.2) is 0 Å². The van der Waals surface area contributed by atoms with Gasteiger partial charge < -0.3 is 14.8 Å². The van der Waals surface area contributed by atoms with Gasteiger partial charge in [0.05, 0.1) is 13.2 Å². The average Bonchev–Trinajstić information content (AvgIpc) is 2.55. The number of hydrogen-bond donors (Lipinski definition) is 1. The average molecular weight is 297 g/mol. The molecule has 0 radical (unpaired) electrons. The molecule has 1 fully saturated rings. The Labute approximate surface area is 131 Å². The third kappa shape index (κ3) is 2.16. The molecule has 2 aliphatic rings. The molecule has 2 aromatic carbocycles. The van der Waals surface area contributed by atoms with Gasteiger partial charge in [0.15, 0.2) is 5.79 Å². The van der Waals surface area contributed by atoms with Crippen molar-refractivity contribution >= 4 is 10.8 Å². The molecule has 1 aliphatic heterocycles. The summed E-state index contributed by atoms with van der Waals surface area (Å²) in [6.07, 6.45) is 3.14. The fourth-order valence-corrected chi connectivity index (χ4v) is 3.89. The van der Waals surface area contributed by atoms with E-state index in [1.165, 1.54) is 21.9 Å². The van der Waals surface area contributed by atoms with E-state index in [2.05, 4.69) is 49.6 Å². The summed E-state index contributed by atoms with van der Waals surface area (Å²) in [7, 11) is 2.05. The van der Waals surface area contributed by atoms with E-state index in [-0.39, 0.29) is 0 Å².